The van der Waals surface area contributed by atoms with Gasteiger partial charge in [-0.15, -0.1) is 0 Å². The Morgan fingerprint density at radius 1 is 0.947 bits per heavy atom. The first-order valence-corrected chi connectivity index (χ1v) is 7.27. The fourth-order valence-corrected chi connectivity index (χ4v) is 2.00. The lowest BCUT2D eigenvalue weighted by atomic mass is 10.00. The molecule has 0 fully saturated rings. The van der Waals surface area contributed by atoms with Crippen molar-refractivity contribution in [3.05, 3.63) is 22.8 Å². The van der Waals surface area contributed by atoms with Gasteiger partial charge in [0.05, 0.1) is 6.04 Å². The van der Waals surface area contributed by atoms with Crippen molar-refractivity contribution in [2.75, 3.05) is 14.1 Å². The fourth-order valence-electron chi connectivity index (χ4n) is 2.00. The predicted molar refractivity (Wildman–Crippen MR) is 83.7 cm³/mol. The third kappa shape index (κ3) is 5.27. The monoisotopic (exact) mass is 265 g/mol. The van der Waals surface area contributed by atoms with Gasteiger partial charge in [-0.1, -0.05) is 34.1 Å². The summed E-state index contributed by atoms with van der Waals surface area (Å²) in [4.78, 5) is 11.4. The molecule has 0 saturated heterocycles. The van der Waals surface area contributed by atoms with Gasteiger partial charge in [0, 0.05) is 11.4 Å². The van der Waals surface area contributed by atoms with Crippen LogP contribution in [0.3, 0.4) is 0 Å². The van der Waals surface area contributed by atoms with Gasteiger partial charge in [-0.05, 0) is 46.3 Å². The van der Waals surface area contributed by atoms with Crippen LogP contribution < -0.4 is 0 Å². The summed E-state index contributed by atoms with van der Waals surface area (Å²) in [6.07, 6.45) is 1.25. The standard InChI is InChI=1S/C13H23N3.C3H8/c1-8(2)12-9(3)14-13(15-10(12)4)11(5)16(6)7;1-3-2/h8,11H,1-7H3;3H2,1-2H3/t11-;/m0./s1. The minimum absolute atomic E-state index is 0.263. The van der Waals surface area contributed by atoms with E-state index in [0.29, 0.717) is 5.92 Å². The smallest absolute Gasteiger partial charge is 0.145 e. The van der Waals surface area contributed by atoms with Crippen molar-refractivity contribution >= 4 is 0 Å². The zero-order valence-electron chi connectivity index (χ0n) is 14.2. The molecule has 0 radical (unpaired) electrons. The summed E-state index contributed by atoms with van der Waals surface area (Å²) in [6, 6.07) is 0.263. The van der Waals surface area contributed by atoms with Crippen molar-refractivity contribution in [3.8, 4) is 0 Å². The first-order valence-electron chi connectivity index (χ1n) is 7.27. The molecule has 0 aliphatic rings. The molecule has 3 nitrogen and oxygen atoms in total. The van der Waals surface area contributed by atoms with Crippen molar-refractivity contribution < 1.29 is 0 Å². The van der Waals surface area contributed by atoms with Gasteiger partial charge in [-0.2, -0.15) is 0 Å². The molecule has 110 valence electrons. The second-order valence-corrected chi connectivity index (χ2v) is 5.67. The van der Waals surface area contributed by atoms with Gasteiger partial charge in [0.15, 0.2) is 0 Å². The molecule has 1 aromatic heterocycles. The van der Waals surface area contributed by atoms with Gasteiger partial charge in [-0.25, -0.2) is 9.97 Å². The topological polar surface area (TPSA) is 29.0 Å². The molecule has 0 spiro atoms. The Bertz CT molecular complexity index is 361. The second-order valence-electron chi connectivity index (χ2n) is 5.67. The van der Waals surface area contributed by atoms with Crippen LogP contribution in [0.5, 0.6) is 0 Å². The maximum atomic E-state index is 4.62. The van der Waals surface area contributed by atoms with Crippen LogP contribution in [0, 0.1) is 13.8 Å². The number of hydrogen-bond donors (Lipinski definition) is 0. The molecule has 1 atom stereocenters. The quantitative estimate of drug-likeness (QED) is 0.818. The highest BCUT2D eigenvalue weighted by Gasteiger charge is 2.16. The van der Waals surface area contributed by atoms with E-state index in [1.165, 1.54) is 12.0 Å². The Labute approximate surface area is 119 Å². The summed E-state index contributed by atoms with van der Waals surface area (Å²) in [6.45, 7) is 14.9. The summed E-state index contributed by atoms with van der Waals surface area (Å²) in [5, 5.41) is 0. The lowest BCUT2D eigenvalue weighted by molar-refractivity contribution is 0.307. The third-order valence-corrected chi connectivity index (χ3v) is 3.07. The van der Waals surface area contributed by atoms with E-state index in [1.807, 2.05) is 0 Å². The van der Waals surface area contributed by atoms with Crippen LogP contribution in [0.4, 0.5) is 0 Å². The molecule has 0 amide bonds. The maximum Gasteiger partial charge on any atom is 0.145 e. The van der Waals surface area contributed by atoms with Gasteiger partial charge in [0.25, 0.3) is 0 Å². The number of hydrogen-bond acceptors (Lipinski definition) is 3. The highest BCUT2D eigenvalue weighted by Crippen LogP contribution is 2.23. The average molecular weight is 265 g/mol. The summed E-state index contributed by atoms with van der Waals surface area (Å²) >= 11 is 0. The lowest BCUT2D eigenvalue weighted by Crippen LogP contribution is -2.20. The van der Waals surface area contributed by atoms with E-state index in [2.05, 4.69) is 77.4 Å². The van der Waals surface area contributed by atoms with E-state index in [4.69, 9.17) is 0 Å². The molecule has 0 aliphatic carbocycles. The van der Waals surface area contributed by atoms with Gasteiger partial charge < -0.3 is 0 Å². The molecule has 1 rings (SSSR count). The summed E-state index contributed by atoms with van der Waals surface area (Å²) in [5.41, 5.74) is 3.52. The fraction of sp³-hybridized carbons (Fsp3) is 0.750. The Balaban J connectivity index is 0.000000982. The summed E-state index contributed by atoms with van der Waals surface area (Å²) < 4.78 is 0. The third-order valence-electron chi connectivity index (χ3n) is 3.07. The van der Waals surface area contributed by atoms with Crippen molar-refractivity contribution in [2.24, 2.45) is 0 Å². The molecule has 1 aromatic rings. The summed E-state index contributed by atoms with van der Waals surface area (Å²) in [7, 11) is 4.10. The Kier molecular flexibility index (Phi) is 7.84. The number of rotatable bonds is 3. The minimum atomic E-state index is 0.263. The molecule has 0 bridgehead atoms. The second kappa shape index (κ2) is 8.26. The number of nitrogens with zero attached hydrogens (tertiary/aromatic N) is 3. The zero-order chi connectivity index (χ0) is 15.2. The van der Waals surface area contributed by atoms with E-state index >= 15 is 0 Å². The van der Waals surface area contributed by atoms with Crippen LogP contribution in [0.1, 0.15) is 75.8 Å². The normalized spacial score (nSPS) is 12.4. The van der Waals surface area contributed by atoms with E-state index in [1.54, 1.807) is 0 Å². The predicted octanol–water partition coefficient (Wildman–Crippen LogP) is 4.26. The van der Waals surface area contributed by atoms with Gasteiger partial charge in [-0.3, -0.25) is 4.90 Å². The van der Waals surface area contributed by atoms with Gasteiger partial charge in [0.1, 0.15) is 5.82 Å². The Morgan fingerprint density at radius 3 is 1.58 bits per heavy atom. The van der Waals surface area contributed by atoms with Gasteiger partial charge >= 0.3 is 0 Å². The summed E-state index contributed by atoms with van der Waals surface area (Å²) in [5.74, 6) is 1.41. The van der Waals surface area contributed by atoms with Gasteiger partial charge in [0.2, 0.25) is 0 Å². The number of aromatic nitrogens is 2. The molecule has 0 unspecified atom stereocenters. The van der Waals surface area contributed by atoms with Crippen LogP contribution in [-0.4, -0.2) is 29.0 Å². The van der Waals surface area contributed by atoms with Crippen LogP contribution in [0.15, 0.2) is 0 Å². The van der Waals surface area contributed by atoms with E-state index in [0.717, 1.165) is 17.2 Å². The first kappa shape index (κ1) is 18.0. The lowest BCUT2D eigenvalue weighted by Gasteiger charge is -2.21. The van der Waals surface area contributed by atoms with E-state index < -0.39 is 0 Å². The van der Waals surface area contributed by atoms with Crippen molar-refractivity contribution in [1.82, 2.24) is 14.9 Å². The maximum absolute atomic E-state index is 4.62. The van der Waals surface area contributed by atoms with Crippen LogP contribution in [0.25, 0.3) is 0 Å². The highest BCUT2D eigenvalue weighted by molar-refractivity contribution is 5.27. The van der Waals surface area contributed by atoms with E-state index in [-0.39, 0.29) is 6.04 Å². The van der Waals surface area contributed by atoms with Crippen LogP contribution in [0.2, 0.25) is 0 Å². The molecule has 0 aliphatic heterocycles. The molecule has 19 heavy (non-hydrogen) atoms. The largest absolute Gasteiger partial charge is 0.300 e. The molecular weight excluding hydrogens is 234 g/mol. The molecule has 3 heteroatoms. The van der Waals surface area contributed by atoms with Crippen molar-refractivity contribution in [3.63, 3.8) is 0 Å². The van der Waals surface area contributed by atoms with Crippen LogP contribution >= 0.6 is 0 Å². The Hall–Kier alpha value is -0.960. The molecule has 1 heterocycles. The average Bonchev–Trinajstić information content (AvgIpc) is 2.27. The molecule has 0 N–H and O–H groups in total. The van der Waals surface area contributed by atoms with Crippen molar-refractivity contribution in [1.29, 1.82) is 0 Å². The molecular formula is C16H31N3. The first-order chi connectivity index (χ1) is 8.76. The van der Waals surface area contributed by atoms with Crippen LogP contribution in [-0.2, 0) is 0 Å². The Morgan fingerprint density at radius 2 is 1.32 bits per heavy atom. The molecule has 0 aromatic carbocycles. The molecule has 0 saturated carbocycles. The van der Waals surface area contributed by atoms with E-state index in [9.17, 15) is 0 Å². The minimum Gasteiger partial charge on any atom is -0.300 e. The zero-order valence-corrected chi connectivity index (χ0v) is 14.2. The van der Waals surface area contributed by atoms with Crippen molar-refractivity contribution in [2.45, 2.75) is 66.8 Å². The SMILES string of the molecule is CCC.Cc1nc([C@H](C)N(C)C)nc(C)c1C(C)C. The number of aryl methyl sites for hydroxylation is 2. The highest BCUT2D eigenvalue weighted by atomic mass is 15.1.